The molecule has 1 fully saturated rings. The molecule has 2 aromatic carbocycles. The van der Waals surface area contributed by atoms with Crippen molar-refractivity contribution in [2.24, 2.45) is 0 Å². The molecule has 29 heavy (non-hydrogen) atoms. The Labute approximate surface area is 167 Å². The van der Waals surface area contributed by atoms with E-state index in [1.807, 2.05) is 54.6 Å². The fourth-order valence-corrected chi connectivity index (χ4v) is 3.64. The maximum Gasteiger partial charge on any atom is 0.322 e. The molecule has 2 atom stereocenters. The molecule has 1 aromatic heterocycles. The van der Waals surface area contributed by atoms with Crippen LogP contribution in [0, 0.1) is 0 Å². The van der Waals surface area contributed by atoms with Crippen molar-refractivity contribution < 1.29 is 14.6 Å². The first-order valence-corrected chi connectivity index (χ1v) is 9.39. The number of benzene rings is 2. The van der Waals surface area contributed by atoms with Crippen LogP contribution < -0.4 is 10.1 Å². The Hall–Kier alpha value is -3.46. The number of hydrogen-bond acceptors (Lipinski definition) is 6. The number of para-hydroxylation sites is 1. The lowest BCUT2D eigenvalue weighted by Crippen LogP contribution is -2.42. The van der Waals surface area contributed by atoms with Crippen LogP contribution in [-0.2, 0) is 0 Å². The molecule has 4 rings (SSSR count). The van der Waals surface area contributed by atoms with Crippen LogP contribution in [0.1, 0.15) is 24.7 Å². The van der Waals surface area contributed by atoms with Gasteiger partial charge in [0.15, 0.2) is 5.82 Å². The Morgan fingerprint density at radius 3 is 2.62 bits per heavy atom. The van der Waals surface area contributed by atoms with Gasteiger partial charge in [-0.15, -0.1) is 5.10 Å². The van der Waals surface area contributed by atoms with Gasteiger partial charge in [0.05, 0.1) is 31.5 Å². The molecule has 1 aliphatic heterocycles. The number of nitrogens with zero attached hydrogens (tertiary/aromatic N) is 5. The monoisotopic (exact) mass is 394 g/mol. The van der Waals surface area contributed by atoms with Crippen molar-refractivity contribution in [3.8, 4) is 11.4 Å². The molecule has 0 aliphatic carbocycles. The van der Waals surface area contributed by atoms with Crippen LogP contribution in [0.5, 0.6) is 5.75 Å². The second-order valence-electron chi connectivity index (χ2n) is 6.78. The molecular weight excluding hydrogens is 372 g/mol. The zero-order valence-corrected chi connectivity index (χ0v) is 16.0. The number of carbonyl (C=O) groups excluding carboxylic acids is 1. The van der Waals surface area contributed by atoms with Crippen molar-refractivity contribution in [3.63, 3.8) is 0 Å². The average molecular weight is 394 g/mol. The number of rotatable bonds is 5. The minimum atomic E-state index is -0.354. The first-order valence-electron chi connectivity index (χ1n) is 9.39. The Morgan fingerprint density at radius 1 is 1.17 bits per heavy atom. The van der Waals surface area contributed by atoms with E-state index in [4.69, 9.17) is 4.74 Å². The normalized spacial score (nSPS) is 18.6. The molecule has 9 heteroatoms. The van der Waals surface area contributed by atoms with Gasteiger partial charge in [-0.3, -0.25) is 0 Å². The van der Waals surface area contributed by atoms with Crippen LogP contribution >= 0.6 is 0 Å². The summed E-state index contributed by atoms with van der Waals surface area (Å²) in [5.41, 5.74) is 1.45. The second kappa shape index (κ2) is 8.27. The summed E-state index contributed by atoms with van der Waals surface area (Å²) in [6.07, 6.45) is 1.32. The van der Waals surface area contributed by atoms with E-state index in [0.29, 0.717) is 24.4 Å². The molecule has 2 heterocycles. The highest BCUT2D eigenvalue weighted by Gasteiger charge is 2.40. The number of urea groups is 1. The summed E-state index contributed by atoms with van der Waals surface area (Å²) in [7, 11) is 1.61. The highest BCUT2D eigenvalue weighted by molar-refractivity contribution is 5.90. The molecule has 0 bridgehead atoms. The van der Waals surface area contributed by atoms with Crippen molar-refractivity contribution in [1.82, 2.24) is 25.1 Å². The summed E-state index contributed by atoms with van der Waals surface area (Å²) in [5.74, 6) is 1.28. The van der Waals surface area contributed by atoms with E-state index in [1.54, 1.807) is 16.7 Å². The second-order valence-corrected chi connectivity index (χ2v) is 6.78. The van der Waals surface area contributed by atoms with Crippen LogP contribution in [0.2, 0.25) is 0 Å². The number of aliphatic hydroxyl groups excluding tert-OH is 1. The minimum absolute atomic E-state index is 0.122. The van der Waals surface area contributed by atoms with Crippen LogP contribution in [0.3, 0.4) is 0 Å². The Bertz CT molecular complexity index is 960. The smallest absolute Gasteiger partial charge is 0.322 e. The largest absolute Gasteiger partial charge is 0.497 e. The SMILES string of the molecule is COc1ccc(-n2nnnc2[C@@H]2CC[C@@H](CO)N2C(=O)Nc2ccccc2)cc1. The van der Waals surface area contributed by atoms with Crippen LogP contribution in [0.4, 0.5) is 10.5 Å². The number of aromatic nitrogens is 4. The van der Waals surface area contributed by atoms with Crippen LogP contribution in [-0.4, -0.2) is 56.0 Å². The van der Waals surface area contributed by atoms with E-state index in [0.717, 1.165) is 11.4 Å². The summed E-state index contributed by atoms with van der Waals surface area (Å²) in [5, 5.41) is 24.8. The van der Waals surface area contributed by atoms with E-state index in [-0.39, 0.29) is 24.7 Å². The predicted octanol–water partition coefficient (Wildman–Crippen LogP) is 2.40. The van der Waals surface area contributed by atoms with Gasteiger partial charge < -0.3 is 20.1 Å². The fourth-order valence-electron chi connectivity index (χ4n) is 3.64. The number of anilines is 1. The van der Waals surface area contributed by atoms with Gasteiger partial charge >= 0.3 is 6.03 Å². The maximum atomic E-state index is 13.0. The number of tetrazole rings is 1. The van der Waals surface area contributed by atoms with E-state index >= 15 is 0 Å². The van der Waals surface area contributed by atoms with E-state index < -0.39 is 0 Å². The van der Waals surface area contributed by atoms with Crippen LogP contribution in [0.25, 0.3) is 5.69 Å². The Kier molecular flexibility index (Phi) is 5.39. The molecule has 0 unspecified atom stereocenters. The lowest BCUT2D eigenvalue weighted by Gasteiger charge is -2.29. The predicted molar refractivity (Wildman–Crippen MR) is 106 cm³/mol. The first kappa shape index (κ1) is 18.9. The standard InChI is InChI=1S/C20H22N6O3/c1-29-17-10-7-15(8-11-17)26-19(22-23-24-26)18-12-9-16(13-27)25(18)20(28)21-14-5-3-2-4-6-14/h2-8,10-11,16,18,27H,9,12-13H2,1H3,(H,21,28)/t16-,18-/m0/s1. The number of nitrogens with one attached hydrogen (secondary N) is 1. The fraction of sp³-hybridized carbons (Fsp3) is 0.300. The number of methoxy groups -OCH3 is 1. The molecule has 0 radical (unpaired) electrons. The van der Waals surface area contributed by atoms with Gasteiger partial charge in [-0.2, -0.15) is 4.68 Å². The van der Waals surface area contributed by atoms with Gasteiger partial charge in [0, 0.05) is 5.69 Å². The highest BCUT2D eigenvalue weighted by Crippen LogP contribution is 2.36. The molecule has 0 saturated carbocycles. The summed E-state index contributed by atoms with van der Waals surface area (Å²) in [6, 6.07) is 15.6. The molecule has 9 nitrogen and oxygen atoms in total. The average Bonchev–Trinajstić information content (AvgIpc) is 3.41. The van der Waals surface area contributed by atoms with Crippen LogP contribution in [0.15, 0.2) is 54.6 Å². The third-order valence-corrected chi connectivity index (χ3v) is 5.08. The summed E-state index contributed by atoms with van der Waals surface area (Å²) in [6.45, 7) is -0.122. The summed E-state index contributed by atoms with van der Waals surface area (Å²) >= 11 is 0. The molecule has 2 amide bonds. The molecule has 3 aromatic rings. The Balaban J connectivity index is 1.63. The number of aliphatic hydroxyl groups is 1. The van der Waals surface area contributed by atoms with E-state index in [1.165, 1.54) is 0 Å². The zero-order valence-electron chi connectivity index (χ0n) is 16.0. The van der Waals surface area contributed by atoms with Gasteiger partial charge in [-0.1, -0.05) is 18.2 Å². The number of carbonyl (C=O) groups is 1. The zero-order chi connectivity index (χ0) is 20.2. The van der Waals surface area contributed by atoms with Gasteiger partial charge in [0.1, 0.15) is 5.75 Å². The number of ether oxygens (including phenoxy) is 1. The number of hydrogen-bond donors (Lipinski definition) is 2. The van der Waals surface area contributed by atoms with E-state index in [2.05, 4.69) is 20.8 Å². The Morgan fingerprint density at radius 2 is 1.93 bits per heavy atom. The highest BCUT2D eigenvalue weighted by atomic mass is 16.5. The van der Waals surface area contributed by atoms with Gasteiger partial charge in [-0.05, 0) is 59.7 Å². The van der Waals surface area contributed by atoms with Gasteiger partial charge in [0.2, 0.25) is 0 Å². The maximum absolute atomic E-state index is 13.0. The molecule has 2 N–H and O–H groups in total. The summed E-state index contributed by atoms with van der Waals surface area (Å²) < 4.78 is 6.82. The number of likely N-dealkylation sites (tertiary alicyclic amines) is 1. The minimum Gasteiger partial charge on any atom is -0.497 e. The molecular formula is C20H22N6O3. The van der Waals surface area contributed by atoms with Crippen molar-refractivity contribution >= 4 is 11.7 Å². The van der Waals surface area contributed by atoms with Gasteiger partial charge in [-0.25, -0.2) is 4.79 Å². The quantitative estimate of drug-likeness (QED) is 0.688. The van der Waals surface area contributed by atoms with Crippen molar-refractivity contribution in [1.29, 1.82) is 0 Å². The lowest BCUT2D eigenvalue weighted by atomic mass is 10.2. The molecule has 1 aliphatic rings. The first-order chi connectivity index (χ1) is 14.2. The summed E-state index contributed by atoms with van der Waals surface area (Å²) in [4.78, 5) is 14.7. The molecule has 150 valence electrons. The lowest BCUT2D eigenvalue weighted by molar-refractivity contribution is 0.144. The third-order valence-electron chi connectivity index (χ3n) is 5.08. The van der Waals surface area contributed by atoms with Crippen molar-refractivity contribution in [3.05, 3.63) is 60.4 Å². The van der Waals surface area contributed by atoms with Crippen molar-refractivity contribution in [2.45, 2.75) is 24.9 Å². The molecule has 0 spiro atoms. The number of amides is 2. The van der Waals surface area contributed by atoms with Crippen molar-refractivity contribution in [2.75, 3.05) is 19.0 Å². The molecule has 1 saturated heterocycles. The van der Waals surface area contributed by atoms with Gasteiger partial charge in [0.25, 0.3) is 0 Å². The topological polar surface area (TPSA) is 105 Å². The third kappa shape index (κ3) is 3.77. The van der Waals surface area contributed by atoms with E-state index in [9.17, 15) is 9.90 Å².